The van der Waals surface area contributed by atoms with Gasteiger partial charge in [-0.1, -0.05) is 19.1 Å². The Bertz CT molecular complexity index is 413. The molecule has 0 aliphatic rings. The van der Waals surface area contributed by atoms with Crippen LogP contribution in [0.25, 0.3) is 0 Å². The van der Waals surface area contributed by atoms with Crippen LogP contribution >= 0.6 is 0 Å². The molecule has 92 valence electrons. The highest BCUT2D eigenvalue weighted by Crippen LogP contribution is 2.23. The topological polar surface area (TPSA) is 83.8 Å². The van der Waals surface area contributed by atoms with E-state index in [-0.39, 0.29) is 12.3 Å². The molecule has 1 aromatic carbocycles. The molecule has 1 unspecified atom stereocenters. The number of benzene rings is 1. The summed E-state index contributed by atoms with van der Waals surface area (Å²) in [6.45, 7) is 1.39. The molecule has 1 atom stereocenters. The van der Waals surface area contributed by atoms with Crippen molar-refractivity contribution in [1.29, 1.82) is 0 Å². The summed E-state index contributed by atoms with van der Waals surface area (Å²) in [5.74, 6) is -1.62. The molecule has 0 aliphatic heterocycles. The Hall–Kier alpha value is -2.04. The Morgan fingerprint density at radius 1 is 1.29 bits per heavy atom. The van der Waals surface area contributed by atoms with Crippen LogP contribution in [0, 0.1) is 0 Å². The highest BCUT2D eigenvalue weighted by molar-refractivity contribution is 5.68. The second-order valence-electron chi connectivity index (χ2n) is 3.75. The lowest BCUT2D eigenvalue weighted by atomic mass is 9.98. The lowest BCUT2D eigenvalue weighted by molar-refractivity contribution is -0.139. The van der Waals surface area contributed by atoms with E-state index >= 15 is 0 Å². The van der Waals surface area contributed by atoms with Crippen molar-refractivity contribution in [3.05, 3.63) is 29.8 Å². The highest BCUT2D eigenvalue weighted by Gasteiger charge is 2.11. The maximum absolute atomic E-state index is 10.6. The third-order valence-corrected chi connectivity index (χ3v) is 2.27. The molecular weight excluding hydrogens is 224 g/mol. The van der Waals surface area contributed by atoms with Crippen molar-refractivity contribution in [3.8, 4) is 5.75 Å². The molecule has 1 aromatic rings. The standard InChI is InChI=1S/C12H14O5/c1-8(5-11(13)14)9-3-2-4-10(6-9)17-7-12(15)16/h2-4,6,8H,5,7H2,1H3,(H,13,14)(H,15,16). The summed E-state index contributed by atoms with van der Waals surface area (Å²) < 4.78 is 5.02. The maximum atomic E-state index is 10.6. The lowest BCUT2D eigenvalue weighted by Gasteiger charge is -2.11. The van der Waals surface area contributed by atoms with E-state index in [2.05, 4.69) is 0 Å². The third-order valence-electron chi connectivity index (χ3n) is 2.27. The Morgan fingerprint density at radius 3 is 2.59 bits per heavy atom. The molecule has 0 saturated heterocycles. The van der Waals surface area contributed by atoms with E-state index in [9.17, 15) is 9.59 Å². The van der Waals surface area contributed by atoms with Crippen LogP contribution in [0.2, 0.25) is 0 Å². The first-order valence-electron chi connectivity index (χ1n) is 5.15. The Balaban J connectivity index is 2.71. The molecule has 0 radical (unpaired) electrons. The first kappa shape index (κ1) is 13.0. The Morgan fingerprint density at radius 2 is 2.00 bits per heavy atom. The molecule has 0 aromatic heterocycles. The highest BCUT2D eigenvalue weighted by atomic mass is 16.5. The van der Waals surface area contributed by atoms with Gasteiger partial charge in [-0.15, -0.1) is 0 Å². The fourth-order valence-corrected chi connectivity index (χ4v) is 1.44. The van der Waals surface area contributed by atoms with Gasteiger partial charge >= 0.3 is 11.9 Å². The molecule has 17 heavy (non-hydrogen) atoms. The molecule has 0 heterocycles. The molecule has 1 rings (SSSR count). The van der Waals surface area contributed by atoms with Crippen LogP contribution in [0.5, 0.6) is 5.75 Å². The van der Waals surface area contributed by atoms with Crippen molar-refractivity contribution in [3.63, 3.8) is 0 Å². The monoisotopic (exact) mass is 238 g/mol. The van der Waals surface area contributed by atoms with Crippen molar-refractivity contribution in [1.82, 2.24) is 0 Å². The second-order valence-corrected chi connectivity index (χ2v) is 3.75. The van der Waals surface area contributed by atoms with Crippen LogP contribution in [0.1, 0.15) is 24.8 Å². The van der Waals surface area contributed by atoms with Crippen molar-refractivity contribution < 1.29 is 24.5 Å². The Labute approximate surface area is 98.6 Å². The van der Waals surface area contributed by atoms with Crippen LogP contribution in [0.4, 0.5) is 0 Å². The molecule has 5 nitrogen and oxygen atoms in total. The van der Waals surface area contributed by atoms with Gasteiger partial charge < -0.3 is 14.9 Å². The molecule has 2 N–H and O–H groups in total. The quantitative estimate of drug-likeness (QED) is 0.788. The summed E-state index contributed by atoms with van der Waals surface area (Å²) in [7, 11) is 0. The predicted molar refractivity (Wildman–Crippen MR) is 60.2 cm³/mol. The van der Waals surface area contributed by atoms with E-state index in [0.29, 0.717) is 5.75 Å². The predicted octanol–water partition coefficient (Wildman–Crippen LogP) is 1.73. The average Bonchev–Trinajstić information content (AvgIpc) is 2.26. The smallest absolute Gasteiger partial charge is 0.341 e. The summed E-state index contributed by atoms with van der Waals surface area (Å²) in [5.41, 5.74) is 0.815. The van der Waals surface area contributed by atoms with Crippen LogP contribution in [-0.4, -0.2) is 28.8 Å². The number of carboxylic acid groups (broad SMARTS) is 2. The fraction of sp³-hybridized carbons (Fsp3) is 0.333. The largest absolute Gasteiger partial charge is 0.482 e. The van der Waals surface area contributed by atoms with E-state index in [1.165, 1.54) is 0 Å². The minimum absolute atomic E-state index is 0.0301. The van der Waals surface area contributed by atoms with Gasteiger partial charge in [0.1, 0.15) is 5.75 Å². The third kappa shape index (κ3) is 4.55. The van der Waals surface area contributed by atoms with Crippen LogP contribution in [0.15, 0.2) is 24.3 Å². The second kappa shape index (κ2) is 5.89. The van der Waals surface area contributed by atoms with Crippen molar-refractivity contribution in [2.45, 2.75) is 19.3 Å². The zero-order chi connectivity index (χ0) is 12.8. The zero-order valence-corrected chi connectivity index (χ0v) is 9.42. The van der Waals surface area contributed by atoms with Gasteiger partial charge in [-0.2, -0.15) is 0 Å². The lowest BCUT2D eigenvalue weighted by Crippen LogP contribution is -2.09. The number of rotatable bonds is 6. The van der Waals surface area contributed by atoms with Gasteiger partial charge in [0.05, 0.1) is 6.42 Å². The summed E-state index contributed by atoms with van der Waals surface area (Å²) in [4.78, 5) is 20.9. The van der Waals surface area contributed by atoms with E-state index in [0.717, 1.165) is 5.56 Å². The van der Waals surface area contributed by atoms with Crippen molar-refractivity contribution in [2.75, 3.05) is 6.61 Å². The molecule has 0 aliphatic carbocycles. The normalized spacial score (nSPS) is 11.8. The molecular formula is C12H14O5. The van der Waals surface area contributed by atoms with E-state index in [1.807, 2.05) is 0 Å². The number of carbonyl (C=O) groups is 2. The van der Waals surface area contributed by atoms with Gasteiger partial charge in [-0.25, -0.2) is 4.79 Å². The van der Waals surface area contributed by atoms with Gasteiger partial charge in [0.2, 0.25) is 0 Å². The minimum atomic E-state index is -1.05. The zero-order valence-electron chi connectivity index (χ0n) is 9.42. The first-order valence-corrected chi connectivity index (χ1v) is 5.15. The van der Waals surface area contributed by atoms with E-state index in [1.54, 1.807) is 31.2 Å². The SMILES string of the molecule is CC(CC(=O)O)c1cccc(OCC(=O)O)c1. The van der Waals surface area contributed by atoms with Crippen LogP contribution in [0.3, 0.4) is 0 Å². The van der Waals surface area contributed by atoms with Gasteiger partial charge in [-0.05, 0) is 23.6 Å². The van der Waals surface area contributed by atoms with Crippen LogP contribution in [-0.2, 0) is 9.59 Å². The van der Waals surface area contributed by atoms with Gasteiger partial charge in [0.15, 0.2) is 6.61 Å². The van der Waals surface area contributed by atoms with Gasteiger partial charge in [0, 0.05) is 0 Å². The Kier molecular flexibility index (Phi) is 4.51. The minimum Gasteiger partial charge on any atom is -0.482 e. The molecule has 0 spiro atoms. The number of hydrogen-bond acceptors (Lipinski definition) is 3. The average molecular weight is 238 g/mol. The molecule has 0 saturated carbocycles. The number of ether oxygens (including phenoxy) is 1. The number of carboxylic acids is 2. The molecule has 0 amide bonds. The van der Waals surface area contributed by atoms with E-state index in [4.69, 9.17) is 14.9 Å². The maximum Gasteiger partial charge on any atom is 0.341 e. The van der Waals surface area contributed by atoms with Gasteiger partial charge in [0.25, 0.3) is 0 Å². The van der Waals surface area contributed by atoms with Crippen molar-refractivity contribution in [2.24, 2.45) is 0 Å². The number of hydrogen-bond donors (Lipinski definition) is 2. The molecule has 5 heteroatoms. The summed E-state index contributed by atoms with van der Waals surface area (Å²) in [6.07, 6.45) is 0.0301. The summed E-state index contributed by atoms with van der Waals surface area (Å²) >= 11 is 0. The fourth-order valence-electron chi connectivity index (χ4n) is 1.44. The van der Waals surface area contributed by atoms with Crippen molar-refractivity contribution >= 4 is 11.9 Å². The molecule has 0 fully saturated rings. The van der Waals surface area contributed by atoms with E-state index < -0.39 is 18.5 Å². The number of aliphatic carboxylic acids is 2. The summed E-state index contributed by atoms with van der Waals surface area (Å²) in [6, 6.07) is 6.81. The first-order chi connectivity index (χ1) is 7.99. The van der Waals surface area contributed by atoms with Gasteiger partial charge in [-0.3, -0.25) is 4.79 Å². The molecule has 0 bridgehead atoms. The van der Waals surface area contributed by atoms with Crippen LogP contribution < -0.4 is 4.74 Å². The summed E-state index contributed by atoms with van der Waals surface area (Å²) in [5, 5.41) is 17.2.